The van der Waals surface area contributed by atoms with Crippen LogP contribution in [0.2, 0.25) is 0 Å². The molecule has 1 fully saturated rings. The van der Waals surface area contributed by atoms with E-state index in [0.29, 0.717) is 25.5 Å². The summed E-state index contributed by atoms with van der Waals surface area (Å²) >= 11 is 0. The number of nitrogens with one attached hydrogen (secondary N) is 1. The van der Waals surface area contributed by atoms with Crippen molar-refractivity contribution in [3.05, 3.63) is 18.5 Å². The van der Waals surface area contributed by atoms with E-state index in [0.717, 1.165) is 0 Å². The predicted molar refractivity (Wildman–Crippen MR) is 73.7 cm³/mol. The van der Waals surface area contributed by atoms with Gasteiger partial charge in [-0.3, -0.25) is 9.59 Å². The van der Waals surface area contributed by atoms with Gasteiger partial charge in [0.25, 0.3) is 0 Å². The highest BCUT2D eigenvalue weighted by atomic mass is 16.4. The van der Waals surface area contributed by atoms with E-state index < -0.39 is 11.6 Å². The minimum atomic E-state index is -1.04. The van der Waals surface area contributed by atoms with E-state index in [1.165, 1.54) is 0 Å². The van der Waals surface area contributed by atoms with Gasteiger partial charge in [0.2, 0.25) is 11.9 Å². The molecule has 114 valence electrons. The van der Waals surface area contributed by atoms with E-state index in [1.54, 1.807) is 18.5 Å². The topological polar surface area (TPSA) is 116 Å². The summed E-state index contributed by atoms with van der Waals surface area (Å²) in [5.74, 6) is -0.844. The smallest absolute Gasteiger partial charge is 0.303 e. The number of aromatic nitrogens is 2. The van der Waals surface area contributed by atoms with Crippen LogP contribution in [0.25, 0.3) is 0 Å². The number of aliphatic carboxylic acids is 1. The Morgan fingerprint density at radius 1 is 1.33 bits per heavy atom. The summed E-state index contributed by atoms with van der Waals surface area (Å²) in [5.41, 5.74) is -1.04. The fraction of sp³-hybridized carbons (Fsp3) is 0.538. The Balaban J connectivity index is 1.81. The molecule has 0 aliphatic carbocycles. The highest BCUT2D eigenvalue weighted by Crippen LogP contribution is 2.23. The molecule has 8 nitrogen and oxygen atoms in total. The average Bonchev–Trinajstić information content (AvgIpc) is 2.87. The Hall–Kier alpha value is -2.22. The monoisotopic (exact) mass is 294 g/mol. The zero-order chi connectivity index (χ0) is 15.3. The van der Waals surface area contributed by atoms with Crippen molar-refractivity contribution in [3.63, 3.8) is 0 Å². The first kappa shape index (κ1) is 15.2. The third-order valence-corrected chi connectivity index (χ3v) is 3.35. The van der Waals surface area contributed by atoms with Crippen molar-refractivity contribution in [1.82, 2.24) is 15.3 Å². The van der Waals surface area contributed by atoms with Crippen LogP contribution >= 0.6 is 0 Å². The summed E-state index contributed by atoms with van der Waals surface area (Å²) in [6, 6.07) is 1.72. The standard InChI is InChI=1S/C13H18N4O4/c18-10(2-3-11(19)20)16-8-13(21)4-7-17(9-13)12-14-5-1-6-15-12/h1,5-6,21H,2-4,7-9H2,(H,16,18)(H,19,20)/t13-/m0/s1. The number of β-amino-alcohol motifs (C(OH)–C–C–N with tert-alkyl or cyclic N) is 1. The quantitative estimate of drug-likeness (QED) is 0.641. The van der Waals surface area contributed by atoms with Crippen molar-refractivity contribution >= 4 is 17.8 Å². The second-order valence-corrected chi connectivity index (χ2v) is 5.12. The highest BCUT2D eigenvalue weighted by Gasteiger charge is 2.37. The van der Waals surface area contributed by atoms with Crippen LogP contribution in [-0.4, -0.2) is 57.3 Å². The van der Waals surface area contributed by atoms with Gasteiger partial charge in [-0.05, 0) is 12.5 Å². The molecule has 1 aliphatic heterocycles. The van der Waals surface area contributed by atoms with Gasteiger partial charge in [-0.25, -0.2) is 9.97 Å². The maximum absolute atomic E-state index is 11.5. The fourth-order valence-electron chi connectivity index (χ4n) is 2.20. The first-order chi connectivity index (χ1) is 9.98. The number of hydrogen-bond donors (Lipinski definition) is 3. The first-order valence-corrected chi connectivity index (χ1v) is 6.71. The second kappa shape index (κ2) is 6.49. The van der Waals surface area contributed by atoms with E-state index in [2.05, 4.69) is 15.3 Å². The number of carboxylic acids is 1. The number of hydrogen-bond acceptors (Lipinski definition) is 6. The molecule has 0 saturated carbocycles. The molecule has 1 atom stereocenters. The minimum absolute atomic E-state index is 0.0864. The Morgan fingerprint density at radius 3 is 2.71 bits per heavy atom. The molecule has 1 aromatic heterocycles. The molecule has 2 rings (SSSR count). The van der Waals surface area contributed by atoms with Crippen molar-refractivity contribution in [2.75, 3.05) is 24.5 Å². The van der Waals surface area contributed by atoms with Crippen LogP contribution in [0, 0.1) is 0 Å². The Labute approximate surface area is 121 Å². The zero-order valence-corrected chi connectivity index (χ0v) is 11.5. The molecule has 2 heterocycles. The van der Waals surface area contributed by atoms with E-state index in [1.807, 2.05) is 4.90 Å². The van der Waals surface area contributed by atoms with Gasteiger partial charge in [0.05, 0.1) is 13.0 Å². The van der Waals surface area contributed by atoms with E-state index >= 15 is 0 Å². The summed E-state index contributed by atoms with van der Waals surface area (Å²) in [5, 5.41) is 21.5. The van der Waals surface area contributed by atoms with E-state index in [4.69, 9.17) is 5.11 Å². The van der Waals surface area contributed by atoms with Crippen molar-refractivity contribution in [2.24, 2.45) is 0 Å². The number of carbonyl (C=O) groups is 2. The lowest BCUT2D eigenvalue weighted by Crippen LogP contribution is -2.45. The van der Waals surface area contributed by atoms with Gasteiger partial charge in [0.15, 0.2) is 0 Å². The molecule has 3 N–H and O–H groups in total. The molecule has 1 amide bonds. The van der Waals surface area contributed by atoms with Crippen molar-refractivity contribution in [1.29, 1.82) is 0 Å². The lowest BCUT2D eigenvalue weighted by atomic mass is 10.0. The highest BCUT2D eigenvalue weighted by molar-refractivity contribution is 5.80. The lowest BCUT2D eigenvalue weighted by Gasteiger charge is -2.23. The molecule has 1 aliphatic rings. The van der Waals surface area contributed by atoms with Crippen LogP contribution in [0.4, 0.5) is 5.95 Å². The van der Waals surface area contributed by atoms with Crippen molar-refractivity contribution < 1.29 is 19.8 Å². The number of carbonyl (C=O) groups excluding carboxylic acids is 1. The second-order valence-electron chi connectivity index (χ2n) is 5.12. The number of nitrogens with zero attached hydrogens (tertiary/aromatic N) is 3. The number of rotatable bonds is 6. The number of amides is 1. The summed E-state index contributed by atoms with van der Waals surface area (Å²) in [6.07, 6.45) is 3.45. The molecular formula is C13H18N4O4. The summed E-state index contributed by atoms with van der Waals surface area (Å²) in [4.78, 5) is 31.9. The third-order valence-electron chi connectivity index (χ3n) is 3.35. The molecule has 21 heavy (non-hydrogen) atoms. The van der Waals surface area contributed by atoms with Gasteiger partial charge in [0.1, 0.15) is 5.60 Å². The van der Waals surface area contributed by atoms with Gasteiger partial charge in [-0.2, -0.15) is 0 Å². The summed E-state index contributed by atoms with van der Waals surface area (Å²) in [7, 11) is 0. The average molecular weight is 294 g/mol. The summed E-state index contributed by atoms with van der Waals surface area (Å²) in [6.45, 7) is 1.02. The number of carboxylic acid groups (broad SMARTS) is 1. The summed E-state index contributed by atoms with van der Waals surface area (Å²) < 4.78 is 0. The van der Waals surface area contributed by atoms with Gasteiger partial charge >= 0.3 is 5.97 Å². The van der Waals surface area contributed by atoms with Crippen molar-refractivity contribution in [3.8, 4) is 0 Å². The molecule has 8 heteroatoms. The molecule has 1 aromatic rings. The fourth-order valence-corrected chi connectivity index (χ4v) is 2.20. The number of aliphatic hydroxyl groups is 1. The van der Waals surface area contributed by atoms with Crippen LogP contribution in [0.3, 0.4) is 0 Å². The maximum Gasteiger partial charge on any atom is 0.303 e. The predicted octanol–water partition coefficient (Wildman–Crippen LogP) is -0.601. The SMILES string of the molecule is O=C(O)CCC(=O)NC[C@@]1(O)CCN(c2ncccn2)C1. The van der Waals surface area contributed by atoms with Crippen molar-refractivity contribution in [2.45, 2.75) is 24.9 Å². The third kappa shape index (κ3) is 4.38. The molecule has 0 bridgehead atoms. The largest absolute Gasteiger partial charge is 0.481 e. The molecular weight excluding hydrogens is 276 g/mol. The molecule has 0 aromatic carbocycles. The van der Waals surface area contributed by atoms with E-state index in [9.17, 15) is 14.7 Å². The normalized spacial score (nSPS) is 21.3. The van der Waals surface area contributed by atoms with Crippen LogP contribution in [-0.2, 0) is 9.59 Å². The lowest BCUT2D eigenvalue weighted by molar-refractivity contribution is -0.138. The van der Waals surface area contributed by atoms with Crippen LogP contribution in [0.5, 0.6) is 0 Å². The van der Waals surface area contributed by atoms with Gasteiger partial charge < -0.3 is 20.4 Å². The Bertz CT molecular complexity index is 510. The minimum Gasteiger partial charge on any atom is -0.481 e. The Kier molecular flexibility index (Phi) is 4.69. The molecule has 1 saturated heterocycles. The Morgan fingerprint density at radius 2 is 2.05 bits per heavy atom. The van der Waals surface area contributed by atoms with Gasteiger partial charge in [-0.1, -0.05) is 0 Å². The first-order valence-electron chi connectivity index (χ1n) is 6.71. The van der Waals surface area contributed by atoms with Crippen LogP contribution in [0.15, 0.2) is 18.5 Å². The molecule has 0 spiro atoms. The number of anilines is 1. The van der Waals surface area contributed by atoms with E-state index in [-0.39, 0.29) is 25.3 Å². The van der Waals surface area contributed by atoms with Gasteiger partial charge in [-0.15, -0.1) is 0 Å². The molecule has 0 unspecified atom stereocenters. The van der Waals surface area contributed by atoms with Crippen LogP contribution in [0.1, 0.15) is 19.3 Å². The maximum atomic E-state index is 11.5. The van der Waals surface area contributed by atoms with Crippen LogP contribution < -0.4 is 10.2 Å². The zero-order valence-electron chi connectivity index (χ0n) is 11.5. The molecule has 0 radical (unpaired) electrons. The van der Waals surface area contributed by atoms with Gasteiger partial charge in [0, 0.05) is 31.9 Å².